The van der Waals surface area contributed by atoms with Crippen LogP contribution in [0.15, 0.2) is 24.3 Å². The zero-order valence-electron chi connectivity index (χ0n) is 14.3. The van der Waals surface area contributed by atoms with Crippen molar-refractivity contribution in [3.05, 3.63) is 35.4 Å². The van der Waals surface area contributed by atoms with Gasteiger partial charge < -0.3 is 14.4 Å². The second-order valence-corrected chi connectivity index (χ2v) is 7.55. The first kappa shape index (κ1) is 17.3. The summed E-state index contributed by atoms with van der Waals surface area (Å²) in [5.74, 6) is 2.32. The van der Waals surface area contributed by atoms with E-state index >= 15 is 0 Å². The fraction of sp³-hybridized carbons (Fsp3) is 0.375. The minimum Gasteiger partial charge on any atom is -0.493 e. The van der Waals surface area contributed by atoms with Crippen molar-refractivity contribution in [2.45, 2.75) is 13.0 Å². The molecule has 0 amide bonds. The summed E-state index contributed by atoms with van der Waals surface area (Å²) in [4.78, 5) is 2.09. The molecule has 2 aromatic rings. The highest BCUT2D eigenvalue weighted by Gasteiger charge is 2.20. The number of fused-ring (bicyclic) bond motifs is 1. The molecule has 1 aromatic carbocycles. The fourth-order valence-electron chi connectivity index (χ4n) is 2.82. The Labute approximate surface area is 146 Å². The summed E-state index contributed by atoms with van der Waals surface area (Å²) in [7, 11) is -0.120. The molecular weight excluding hydrogens is 344 g/mol. The maximum absolute atomic E-state index is 11.2. The van der Waals surface area contributed by atoms with E-state index in [0.29, 0.717) is 18.1 Å². The van der Waals surface area contributed by atoms with Crippen LogP contribution in [0.1, 0.15) is 11.1 Å². The number of hydrogen-bond acceptors (Lipinski definition) is 7. The number of ether oxygens (including phenoxy) is 2. The number of aromatic nitrogens is 2. The molecule has 0 saturated carbocycles. The maximum Gasteiger partial charge on any atom is 0.231 e. The molecule has 0 radical (unpaired) electrons. The van der Waals surface area contributed by atoms with Gasteiger partial charge in [-0.25, -0.2) is 8.42 Å². The molecule has 2 heterocycles. The van der Waals surface area contributed by atoms with E-state index in [1.54, 1.807) is 26.4 Å². The first-order valence-electron chi connectivity index (χ1n) is 7.70. The lowest BCUT2D eigenvalue weighted by Gasteiger charge is -2.30. The number of benzene rings is 1. The van der Waals surface area contributed by atoms with E-state index in [-0.39, 0.29) is 5.82 Å². The molecule has 1 aromatic heterocycles. The number of hydrogen-bond donors (Lipinski definition) is 1. The summed E-state index contributed by atoms with van der Waals surface area (Å²) in [5.41, 5.74) is 2.36. The average Bonchev–Trinajstić information content (AvgIpc) is 2.59. The highest BCUT2D eigenvalue weighted by atomic mass is 32.2. The molecule has 3 rings (SSSR count). The Morgan fingerprint density at radius 2 is 1.76 bits per heavy atom. The molecule has 0 aliphatic carbocycles. The molecule has 0 bridgehead atoms. The number of rotatable bonds is 5. The third-order valence-corrected chi connectivity index (χ3v) is 4.56. The summed E-state index contributed by atoms with van der Waals surface area (Å²) in [5, 5.41) is 8.06. The molecule has 0 spiro atoms. The van der Waals surface area contributed by atoms with Crippen LogP contribution in [0.5, 0.6) is 11.5 Å². The van der Waals surface area contributed by atoms with Crippen molar-refractivity contribution in [1.82, 2.24) is 10.2 Å². The monoisotopic (exact) mass is 364 g/mol. The van der Waals surface area contributed by atoms with Crippen LogP contribution in [0.2, 0.25) is 0 Å². The van der Waals surface area contributed by atoms with Crippen LogP contribution in [0.3, 0.4) is 0 Å². The van der Waals surface area contributed by atoms with Crippen LogP contribution in [0.4, 0.5) is 11.6 Å². The predicted octanol–water partition coefficient (Wildman–Crippen LogP) is 1.43. The van der Waals surface area contributed by atoms with Gasteiger partial charge in [-0.15, -0.1) is 10.2 Å². The predicted molar refractivity (Wildman–Crippen MR) is 94.8 cm³/mol. The molecule has 134 valence electrons. The summed E-state index contributed by atoms with van der Waals surface area (Å²) in [6, 6.07) is 7.35. The number of methoxy groups -OCH3 is 2. The first-order chi connectivity index (χ1) is 11.9. The minimum absolute atomic E-state index is 0.204. The van der Waals surface area contributed by atoms with E-state index in [0.717, 1.165) is 30.5 Å². The highest BCUT2D eigenvalue weighted by Crippen LogP contribution is 2.34. The van der Waals surface area contributed by atoms with E-state index < -0.39 is 10.0 Å². The second kappa shape index (κ2) is 6.75. The zero-order chi connectivity index (χ0) is 18.0. The van der Waals surface area contributed by atoms with Gasteiger partial charge in [-0.1, -0.05) is 0 Å². The molecular formula is C16H20N4O4S. The van der Waals surface area contributed by atoms with Gasteiger partial charge in [0.1, 0.15) is 0 Å². The SMILES string of the molecule is COc1cc2c(cc1OC)CN(c1ccc(NS(C)(=O)=O)nn1)CC2. The highest BCUT2D eigenvalue weighted by molar-refractivity contribution is 7.92. The smallest absolute Gasteiger partial charge is 0.231 e. The Morgan fingerprint density at radius 3 is 2.32 bits per heavy atom. The summed E-state index contributed by atoms with van der Waals surface area (Å²) < 4.78 is 35.5. The van der Waals surface area contributed by atoms with Gasteiger partial charge in [-0.3, -0.25) is 4.72 Å². The van der Waals surface area contributed by atoms with Crippen molar-refractivity contribution < 1.29 is 17.9 Å². The Kier molecular flexibility index (Phi) is 4.67. The summed E-state index contributed by atoms with van der Waals surface area (Å²) in [6.45, 7) is 1.46. The number of nitrogens with zero attached hydrogens (tertiary/aromatic N) is 3. The van der Waals surface area contributed by atoms with E-state index in [1.807, 2.05) is 12.1 Å². The standard InChI is InChI=1S/C16H20N4O4S/c1-23-13-8-11-6-7-20(10-12(11)9-14(13)24-2)16-5-4-15(17-18-16)19-25(3,21)22/h4-5,8-9H,6-7,10H2,1-3H3,(H,17,19). The molecule has 1 N–H and O–H groups in total. The topological polar surface area (TPSA) is 93.7 Å². The van der Waals surface area contributed by atoms with Gasteiger partial charge in [0, 0.05) is 13.1 Å². The van der Waals surface area contributed by atoms with Gasteiger partial charge >= 0.3 is 0 Å². The largest absolute Gasteiger partial charge is 0.493 e. The zero-order valence-corrected chi connectivity index (χ0v) is 15.1. The first-order valence-corrected chi connectivity index (χ1v) is 9.59. The van der Waals surface area contributed by atoms with Crippen molar-refractivity contribution in [3.63, 3.8) is 0 Å². The summed E-state index contributed by atoms with van der Waals surface area (Å²) >= 11 is 0. The van der Waals surface area contributed by atoms with Crippen LogP contribution in [-0.4, -0.2) is 45.6 Å². The lowest BCUT2D eigenvalue weighted by Crippen LogP contribution is -2.31. The molecule has 8 nitrogen and oxygen atoms in total. The van der Waals surface area contributed by atoms with E-state index in [4.69, 9.17) is 9.47 Å². The van der Waals surface area contributed by atoms with Crippen LogP contribution in [0.25, 0.3) is 0 Å². The fourth-order valence-corrected chi connectivity index (χ4v) is 3.31. The van der Waals surface area contributed by atoms with Crippen molar-refractivity contribution in [2.24, 2.45) is 0 Å². The molecule has 0 unspecified atom stereocenters. The number of anilines is 2. The third-order valence-electron chi connectivity index (χ3n) is 3.98. The Balaban J connectivity index is 1.80. The summed E-state index contributed by atoms with van der Waals surface area (Å²) in [6.07, 6.45) is 1.92. The number of sulfonamides is 1. The lowest BCUT2D eigenvalue weighted by atomic mass is 9.99. The van der Waals surface area contributed by atoms with Crippen molar-refractivity contribution >= 4 is 21.7 Å². The van der Waals surface area contributed by atoms with E-state index in [1.165, 1.54) is 5.56 Å². The van der Waals surface area contributed by atoms with Gasteiger partial charge in [0.05, 0.1) is 20.5 Å². The molecule has 1 aliphatic heterocycles. The van der Waals surface area contributed by atoms with E-state index in [9.17, 15) is 8.42 Å². The lowest BCUT2D eigenvalue weighted by molar-refractivity contribution is 0.353. The van der Waals surface area contributed by atoms with Crippen molar-refractivity contribution in [2.75, 3.05) is 36.6 Å². The Morgan fingerprint density at radius 1 is 1.08 bits per heavy atom. The van der Waals surface area contributed by atoms with E-state index in [2.05, 4.69) is 19.8 Å². The van der Waals surface area contributed by atoms with Crippen LogP contribution < -0.4 is 19.1 Å². The van der Waals surface area contributed by atoms with Gasteiger partial charge in [-0.05, 0) is 41.8 Å². The van der Waals surface area contributed by atoms with Crippen LogP contribution >= 0.6 is 0 Å². The van der Waals surface area contributed by atoms with Gasteiger partial charge in [-0.2, -0.15) is 0 Å². The van der Waals surface area contributed by atoms with Crippen molar-refractivity contribution in [1.29, 1.82) is 0 Å². The quantitative estimate of drug-likeness (QED) is 0.858. The van der Waals surface area contributed by atoms with Crippen molar-refractivity contribution in [3.8, 4) is 11.5 Å². The van der Waals surface area contributed by atoms with Crippen LogP contribution in [0, 0.1) is 0 Å². The second-order valence-electron chi connectivity index (χ2n) is 5.80. The number of nitrogens with one attached hydrogen (secondary N) is 1. The molecule has 0 atom stereocenters. The van der Waals surface area contributed by atoms with Crippen LogP contribution in [-0.2, 0) is 23.0 Å². The van der Waals surface area contributed by atoms with Gasteiger partial charge in [0.2, 0.25) is 10.0 Å². The maximum atomic E-state index is 11.2. The Hall–Kier alpha value is -2.55. The molecule has 0 saturated heterocycles. The minimum atomic E-state index is -3.36. The molecule has 0 fully saturated rings. The third kappa shape index (κ3) is 3.93. The molecule has 9 heteroatoms. The Bertz CT molecular complexity index is 868. The van der Waals surface area contributed by atoms with Gasteiger partial charge in [0.15, 0.2) is 23.1 Å². The molecule has 25 heavy (non-hydrogen) atoms. The normalized spacial score (nSPS) is 14.0. The van der Waals surface area contributed by atoms with Gasteiger partial charge in [0.25, 0.3) is 0 Å². The average molecular weight is 364 g/mol. The molecule has 1 aliphatic rings.